The molecule has 0 saturated carbocycles. The van der Waals surface area contributed by atoms with Crippen LogP contribution in [-0.4, -0.2) is 30.5 Å². The van der Waals surface area contributed by atoms with E-state index in [1.165, 1.54) is 0 Å². The first-order valence-corrected chi connectivity index (χ1v) is 12.3. The normalized spacial score (nSPS) is 22.4. The molecule has 0 aromatic heterocycles. The predicted molar refractivity (Wildman–Crippen MR) is 143 cm³/mol. The Bertz CT molecular complexity index is 1370. The Kier molecular flexibility index (Phi) is 6.43. The summed E-state index contributed by atoms with van der Waals surface area (Å²) in [6.45, 7) is 1.86. The maximum Gasteiger partial charge on any atom is 0.339 e. The average Bonchev–Trinajstić information content (AvgIpc) is 3.36. The number of anilines is 1. The van der Waals surface area contributed by atoms with Crippen LogP contribution in [0.3, 0.4) is 0 Å². The number of thiocarbonyl (C=S) groups is 1. The number of rotatable bonds is 7. The SMILES string of the molecule is CCOC(=O)C1=C(N)O[C@@]2(c3ccccc3)[C@@H]1[C@H](C(=O)c1ccc(OC)cc1)C(=S)N2c1ccccc1. The summed E-state index contributed by atoms with van der Waals surface area (Å²) in [7, 11) is 1.56. The van der Waals surface area contributed by atoms with Crippen LogP contribution in [0.5, 0.6) is 5.75 Å². The predicted octanol–water partition coefficient (Wildman–Crippen LogP) is 4.57. The van der Waals surface area contributed by atoms with Crippen LogP contribution in [0.4, 0.5) is 5.69 Å². The van der Waals surface area contributed by atoms with E-state index in [1.54, 1.807) is 38.3 Å². The van der Waals surface area contributed by atoms with Crippen molar-refractivity contribution in [2.24, 2.45) is 17.6 Å². The third-order valence-corrected chi connectivity index (χ3v) is 7.21. The number of Topliss-reactive ketones (excluding diaryl/α,β-unsaturated/α-hetero) is 1. The third kappa shape index (κ3) is 3.84. The summed E-state index contributed by atoms with van der Waals surface area (Å²) in [6, 6.07) is 25.6. The summed E-state index contributed by atoms with van der Waals surface area (Å²) in [5.41, 5.74) is 7.00. The fraction of sp³-hybridized carbons (Fsp3) is 0.207. The van der Waals surface area contributed by atoms with E-state index in [0.29, 0.717) is 27.6 Å². The summed E-state index contributed by atoms with van der Waals surface area (Å²) in [5.74, 6) is -2.12. The molecule has 2 aliphatic rings. The van der Waals surface area contributed by atoms with Crippen LogP contribution < -0.4 is 15.4 Å². The lowest BCUT2D eigenvalue weighted by Gasteiger charge is -2.39. The van der Waals surface area contributed by atoms with Crippen LogP contribution >= 0.6 is 12.2 Å². The maximum atomic E-state index is 14.2. The van der Waals surface area contributed by atoms with E-state index in [0.717, 1.165) is 0 Å². The molecule has 0 aliphatic carbocycles. The number of hydrogen-bond acceptors (Lipinski definition) is 7. The lowest BCUT2D eigenvalue weighted by atomic mass is 9.77. The van der Waals surface area contributed by atoms with Gasteiger partial charge >= 0.3 is 5.97 Å². The van der Waals surface area contributed by atoms with E-state index in [-0.39, 0.29) is 23.8 Å². The molecule has 0 unspecified atom stereocenters. The molecule has 8 heteroatoms. The van der Waals surface area contributed by atoms with E-state index in [2.05, 4.69) is 0 Å². The minimum atomic E-state index is -1.36. The Balaban J connectivity index is 1.75. The van der Waals surface area contributed by atoms with Gasteiger partial charge < -0.3 is 19.9 Å². The lowest BCUT2D eigenvalue weighted by Crippen LogP contribution is -2.47. The highest BCUT2D eigenvalue weighted by molar-refractivity contribution is 7.80. The molecule has 2 heterocycles. The monoisotopic (exact) mass is 514 g/mol. The fourth-order valence-corrected chi connectivity index (χ4v) is 5.72. The molecule has 2 N–H and O–H groups in total. The van der Waals surface area contributed by atoms with Crippen molar-refractivity contribution in [2.75, 3.05) is 18.6 Å². The van der Waals surface area contributed by atoms with Crippen molar-refractivity contribution in [3.63, 3.8) is 0 Å². The topological polar surface area (TPSA) is 91.1 Å². The van der Waals surface area contributed by atoms with Gasteiger partial charge in [0.15, 0.2) is 11.7 Å². The Hall–Kier alpha value is -4.17. The van der Waals surface area contributed by atoms with E-state index in [4.69, 9.17) is 32.2 Å². The van der Waals surface area contributed by atoms with Crippen LogP contribution in [-0.2, 0) is 20.0 Å². The first kappa shape index (κ1) is 24.5. The number of benzene rings is 3. The number of ketones is 1. The van der Waals surface area contributed by atoms with E-state index in [9.17, 15) is 9.59 Å². The standard InChI is InChI=1S/C29H26N2O5S/c1-3-35-28(33)23-24-22(25(32)18-14-16-21(34-2)17-15-18)27(37)31(20-12-8-5-9-13-20)29(24,36-26(23)30)19-10-6-4-7-11-19/h4-17,22,24H,3,30H2,1-2H3/t22-,24-,29+/m1/s1. The first-order valence-electron chi connectivity index (χ1n) is 11.9. The van der Waals surface area contributed by atoms with Gasteiger partial charge in [0.25, 0.3) is 0 Å². The number of esters is 1. The molecule has 3 atom stereocenters. The molecule has 0 amide bonds. The minimum absolute atomic E-state index is 0.0803. The second-order valence-electron chi connectivity index (χ2n) is 8.72. The molecule has 2 aliphatic heterocycles. The van der Waals surface area contributed by atoms with Gasteiger partial charge in [-0.1, -0.05) is 60.7 Å². The molecule has 1 fully saturated rings. The number of nitrogens with two attached hydrogens (primary N) is 1. The Morgan fingerprint density at radius 1 is 1.00 bits per heavy atom. The number of hydrogen-bond donors (Lipinski definition) is 1. The molecule has 188 valence electrons. The van der Waals surface area contributed by atoms with Crippen molar-refractivity contribution < 1.29 is 23.8 Å². The number of nitrogens with zero attached hydrogens (tertiary/aromatic N) is 1. The number of ether oxygens (including phenoxy) is 3. The van der Waals surface area contributed by atoms with Gasteiger partial charge in [-0.05, 0) is 43.3 Å². The molecule has 0 spiro atoms. The molecule has 0 bridgehead atoms. The van der Waals surface area contributed by atoms with Crippen LogP contribution in [0.2, 0.25) is 0 Å². The van der Waals surface area contributed by atoms with E-state index in [1.807, 2.05) is 65.6 Å². The molecule has 0 radical (unpaired) electrons. The van der Waals surface area contributed by atoms with Crippen LogP contribution in [0.15, 0.2) is 96.4 Å². The largest absolute Gasteiger partial charge is 0.497 e. The van der Waals surface area contributed by atoms with Crippen molar-refractivity contribution in [3.05, 3.63) is 108 Å². The zero-order chi connectivity index (χ0) is 26.2. The number of methoxy groups -OCH3 is 1. The summed E-state index contributed by atoms with van der Waals surface area (Å²) < 4.78 is 17.1. The second kappa shape index (κ2) is 9.71. The third-order valence-electron chi connectivity index (χ3n) is 6.77. The van der Waals surface area contributed by atoms with Crippen molar-refractivity contribution in [1.29, 1.82) is 0 Å². The van der Waals surface area contributed by atoms with Crippen LogP contribution in [0.1, 0.15) is 22.8 Å². The Labute approximate surface area is 220 Å². The van der Waals surface area contributed by atoms with Crippen molar-refractivity contribution in [2.45, 2.75) is 12.6 Å². The summed E-state index contributed by atoms with van der Waals surface area (Å²) in [4.78, 5) is 29.6. The molecule has 1 saturated heterocycles. The second-order valence-corrected chi connectivity index (χ2v) is 9.14. The molecular weight excluding hydrogens is 488 g/mol. The van der Waals surface area contributed by atoms with Gasteiger partial charge in [-0.15, -0.1) is 0 Å². The summed E-state index contributed by atoms with van der Waals surface area (Å²) >= 11 is 6.02. The first-order chi connectivity index (χ1) is 17.9. The number of carbonyl (C=O) groups excluding carboxylic acids is 2. The highest BCUT2D eigenvalue weighted by Gasteiger charge is 2.68. The van der Waals surface area contributed by atoms with Gasteiger partial charge in [0, 0.05) is 16.8 Å². The van der Waals surface area contributed by atoms with Gasteiger partial charge in [-0.25, -0.2) is 4.79 Å². The van der Waals surface area contributed by atoms with Gasteiger partial charge in [0.1, 0.15) is 11.3 Å². The van der Waals surface area contributed by atoms with Crippen LogP contribution in [0.25, 0.3) is 0 Å². The van der Waals surface area contributed by atoms with Crippen molar-refractivity contribution >= 4 is 34.6 Å². The smallest absolute Gasteiger partial charge is 0.339 e. The molecule has 3 aromatic carbocycles. The Morgan fingerprint density at radius 3 is 2.22 bits per heavy atom. The average molecular weight is 515 g/mol. The summed E-state index contributed by atoms with van der Waals surface area (Å²) in [6.07, 6.45) is 0. The molecule has 5 rings (SSSR count). The highest BCUT2D eigenvalue weighted by Crippen LogP contribution is 2.58. The van der Waals surface area contributed by atoms with Gasteiger partial charge in [0.05, 0.1) is 30.5 Å². The van der Waals surface area contributed by atoms with E-state index >= 15 is 0 Å². The van der Waals surface area contributed by atoms with E-state index < -0.39 is 23.5 Å². The maximum absolute atomic E-state index is 14.2. The van der Waals surface area contributed by atoms with Gasteiger partial charge in [-0.3, -0.25) is 9.69 Å². The van der Waals surface area contributed by atoms with Crippen molar-refractivity contribution in [1.82, 2.24) is 0 Å². The quantitative estimate of drug-likeness (QED) is 0.279. The lowest BCUT2D eigenvalue weighted by molar-refractivity contribution is -0.139. The summed E-state index contributed by atoms with van der Waals surface area (Å²) in [5, 5.41) is 0. The molecule has 7 nitrogen and oxygen atoms in total. The van der Waals surface area contributed by atoms with Gasteiger partial charge in [-0.2, -0.15) is 0 Å². The Morgan fingerprint density at radius 2 is 1.62 bits per heavy atom. The molecule has 3 aromatic rings. The number of fused-ring (bicyclic) bond motifs is 1. The van der Waals surface area contributed by atoms with Crippen molar-refractivity contribution in [3.8, 4) is 5.75 Å². The zero-order valence-electron chi connectivity index (χ0n) is 20.4. The number of para-hydroxylation sites is 1. The zero-order valence-corrected chi connectivity index (χ0v) is 21.2. The minimum Gasteiger partial charge on any atom is -0.497 e. The van der Waals surface area contributed by atoms with Crippen LogP contribution in [0, 0.1) is 11.8 Å². The highest BCUT2D eigenvalue weighted by atomic mass is 32.1. The molecule has 37 heavy (non-hydrogen) atoms. The fourth-order valence-electron chi connectivity index (χ4n) is 5.23. The number of carbonyl (C=O) groups is 2. The van der Waals surface area contributed by atoms with Gasteiger partial charge in [0.2, 0.25) is 5.72 Å². The molecular formula is C29H26N2O5S.